The summed E-state index contributed by atoms with van der Waals surface area (Å²) in [6, 6.07) is 15.4. The highest BCUT2D eigenvalue weighted by Gasteiger charge is 2.47. The van der Waals surface area contributed by atoms with Gasteiger partial charge in [-0.25, -0.2) is 9.59 Å². The van der Waals surface area contributed by atoms with E-state index in [2.05, 4.69) is 29.6 Å². The lowest BCUT2D eigenvalue weighted by Gasteiger charge is -2.17. The smallest absolute Gasteiger partial charge is 0.407 e. The van der Waals surface area contributed by atoms with Crippen molar-refractivity contribution in [3.8, 4) is 11.1 Å². The van der Waals surface area contributed by atoms with Gasteiger partial charge in [0.05, 0.1) is 0 Å². The molecular weight excluding hydrogens is 378 g/mol. The standard InChI is InChI=1S/C25H27NO4/c27-24(28)23(12-11-16-13-21(16)15-9-10-15)26-25(29)30-14-22-19-7-3-1-5-17(19)18-6-2-4-8-20(18)22/h1-8,15-16,21-23H,9-14H2,(H,26,29)(H,27,28). The molecule has 3 atom stereocenters. The Kier molecular flexibility index (Phi) is 4.97. The van der Waals surface area contributed by atoms with Crippen molar-refractivity contribution in [2.24, 2.45) is 17.8 Å². The maximum atomic E-state index is 12.4. The molecule has 0 bridgehead atoms. The Bertz CT molecular complexity index is 922. The van der Waals surface area contributed by atoms with Crippen LogP contribution in [0.25, 0.3) is 11.1 Å². The molecule has 2 aromatic rings. The first-order valence-electron chi connectivity index (χ1n) is 11.0. The van der Waals surface area contributed by atoms with E-state index in [4.69, 9.17) is 4.74 Å². The number of amides is 1. The summed E-state index contributed by atoms with van der Waals surface area (Å²) in [5.41, 5.74) is 4.61. The first-order valence-corrected chi connectivity index (χ1v) is 11.0. The molecule has 1 amide bonds. The lowest BCUT2D eigenvalue weighted by atomic mass is 9.98. The molecular formula is C25H27NO4. The molecule has 5 nitrogen and oxygen atoms in total. The number of alkyl carbamates (subject to hydrolysis) is 1. The minimum Gasteiger partial charge on any atom is -0.480 e. The SMILES string of the molecule is O=C(NC(CCC1CC1C1CC1)C(=O)O)OCC1c2ccccc2-c2ccccc21. The zero-order valence-corrected chi connectivity index (χ0v) is 16.9. The van der Waals surface area contributed by atoms with Crippen LogP contribution in [-0.2, 0) is 9.53 Å². The van der Waals surface area contributed by atoms with E-state index in [1.807, 2.05) is 24.3 Å². The molecule has 0 aliphatic heterocycles. The molecule has 0 aromatic heterocycles. The van der Waals surface area contributed by atoms with Gasteiger partial charge in [-0.3, -0.25) is 0 Å². The molecule has 0 radical (unpaired) electrons. The van der Waals surface area contributed by atoms with Gasteiger partial charge in [0.1, 0.15) is 12.6 Å². The van der Waals surface area contributed by atoms with Crippen LogP contribution in [0.4, 0.5) is 4.79 Å². The number of rotatable bonds is 8. The first kappa shape index (κ1) is 19.2. The molecule has 3 aliphatic carbocycles. The molecule has 3 aliphatic rings. The van der Waals surface area contributed by atoms with Crippen LogP contribution in [0.1, 0.15) is 49.1 Å². The average molecular weight is 405 g/mol. The summed E-state index contributed by atoms with van der Waals surface area (Å²) < 4.78 is 5.50. The number of nitrogens with one attached hydrogen (secondary N) is 1. The maximum absolute atomic E-state index is 12.4. The van der Waals surface area contributed by atoms with E-state index in [1.165, 1.54) is 30.4 Å². The van der Waals surface area contributed by atoms with E-state index >= 15 is 0 Å². The fourth-order valence-electron chi connectivity index (χ4n) is 5.13. The zero-order chi connectivity index (χ0) is 20.7. The van der Waals surface area contributed by atoms with E-state index in [0.717, 1.165) is 29.4 Å². The summed E-state index contributed by atoms with van der Waals surface area (Å²) in [5.74, 6) is 1.30. The summed E-state index contributed by atoms with van der Waals surface area (Å²) in [6.45, 7) is 0.193. The molecule has 0 saturated heterocycles. The average Bonchev–Trinajstić information content (AvgIpc) is 3.66. The summed E-state index contributed by atoms with van der Waals surface area (Å²) in [7, 11) is 0. The van der Waals surface area contributed by atoms with E-state index in [0.29, 0.717) is 12.3 Å². The lowest BCUT2D eigenvalue weighted by Crippen LogP contribution is -2.41. The molecule has 5 rings (SSSR count). The van der Waals surface area contributed by atoms with Gasteiger partial charge in [-0.05, 0) is 72.1 Å². The fourth-order valence-corrected chi connectivity index (χ4v) is 5.13. The highest BCUT2D eigenvalue weighted by molar-refractivity contribution is 5.81. The minimum absolute atomic E-state index is 0.0304. The Labute approximate surface area is 176 Å². The van der Waals surface area contributed by atoms with E-state index in [-0.39, 0.29) is 12.5 Å². The van der Waals surface area contributed by atoms with Gasteiger partial charge >= 0.3 is 12.1 Å². The van der Waals surface area contributed by atoms with Gasteiger partial charge in [-0.2, -0.15) is 0 Å². The molecule has 2 saturated carbocycles. The van der Waals surface area contributed by atoms with E-state index < -0.39 is 18.1 Å². The van der Waals surface area contributed by atoms with Crippen LogP contribution < -0.4 is 5.32 Å². The first-order chi connectivity index (χ1) is 14.6. The molecule has 2 N–H and O–H groups in total. The third-order valence-electron chi connectivity index (χ3n) is 6.96. The Hall–Kier alpha value is -2.82. The van der Waals surface area contributed by atoms with Gasteiger partial charge in [-0.1, -0.05) is 48.5 Å². The summed E-state index contributed by atoms with van der Waals surface area (Å²) in [6.07, 6.45) is 4.57. The van der Waals surface area contributed by atoms with Crippen LogP contribution in [0, 0.1) is 17.8 Å². The lowest BCUT2D eigenvalue weighted by molar-refractivity contribution is -0.139. The number of benzene rings is 2. The normalized spacial score (nSPS) is 22.7. The molecule has 0 heterocycles. The Morgan fingerprint density at radius 3 is 2.27 bits per heavy atom. The fraction of sp³-hybridized carbons (Fsp3) is 0.440. The predicted molar refractivity (Wildman–Crippen MR) is 113 cm³/mol. The van der Waals surface area contributed by atoms with Crippen LogP contribution >= 0.6 is 0 Å². The molecule has 3 unspecified atom stereocenters. The number of fused-ring (bicyclic) bond motifs is 3. The van der Waals surface area contributed by atoms with Crippen LogP contribution in [0.15, 0.2) is 48.5 Å². The quantitative estimate of drug-likeness (QED) is 0.661. The Balaban J connectivity index is 1.18. The van der Waals surface area contributed by atoms with Crippen LogP contribution in [-0.4, -0.2) is 29.8 Å². The Morgan fingerprint density at radius 1 is 1.03 bits per heavy atom. The monoisotopic (exact) mass is 405 g/mol. The largest absolute Gasteiger partial charge is 0.480 e. The molecule has 30 heavy (non-hydrogen) atoms. The number of hydrogen-bond acceptors (Lipinski definition) is 3. The number of ether oxygens (including phenoxy) is 1. The van der Waals surface area contributed by atoms with Gasteiger partial charge in [0.25, 0.3) is 0 Å². The van der Waals surface area contributed by atoms with Crippen LogP contribution in [0.5, 0.6) is 0 Å². The van der Waals surface area contributed by atoms with Crippen molar-refractivity contribution < 1.29 is 19.4 Å². The van der Waals surface area contributed by atoms with Crippen LogP contribution in [0.3, 0.4) is 0 Å². The third-order valence-corrected chi connectivity index (χ3v) is 6.96. The molecule has 2 aromatic carbocycles. The number of aliphatic carboxylic acids is 1. The summed E-state index contributed by atoms with van der Waals surface area (Å²) in [5, 5.41) is 12.1. The minimum atomic E-state index is -0.993. The van der Waals surface area contributed by atoms with Gasteiger partial charge in [0, 0.05) is 5.92 Å². The highest BCUT2D eigenvalue weighted by Crippen LogP contribution is 2.56. The van der Waals surface area contributed by atoms with Crippen molar-refractivity contribution in [2.75, 3.05) is 6.61 Å². The third kappa shape index (κ3) is 3.81. The zero-order valence-electron chi connectivity index (χ0n) is 16.9. The van der Waals surface area contributed by atoms with Crippen molar-refractivity contribution in [3.63, 3.8) is 0 Å². The second kappa shape index (κ2) is 7.78. The molecule has 0 spiro atoms. The van der Waals surface area contributed by atoms with Crippen molar-refractivity contribution in [2.45, 2.75) is 44.1 Å². The number of carboxylic acid groups (broad SMARTS) is 1. The molecule has 156 valence electrons. The van der Waals surface area contributed by atoms with Crippen molar-refractivity contribution >= 4 is 12.1 Å². The topological polar surface area (TPSA) is 75.6 Å². The number of carbonyl (C=O) groups excluding carboxylic acids is 1. The highest BCUT2D eigenvalue weighted by atomic mass is 16.5. The van der Waals surface area contributed by atoms with E-state index in [1.54, 1.807) is 0 Å². The van der Waals surface area contributed by atoms with Gasteiger partial charge in [0.15, 0.2) is 0 Å². The van der Waals surface area contributed by atoms with Crippen molar-refractivity contribution in [3.05, 3.63) is 59.7 Å². The number of carbonyl (C=O) groups is 2. The number of hydrogen-bond donors (Lipinski definition) is 2. The summed E-state index contributed by atoms with van der Waals surface area (Å²) in [4.78, 5) is 24.0. The Morgan fingerprint density at radius 2 is 1.67 bits per heavy atom. The van der Waals surface area contributed by atoms with Crippen molar-refractivity contribution in [1.29, 1.82) is 0 Å². The van der Waals surface area contributed by atoms with Gasteiger partial charge < -0.3 is 15.2 Å². The molecule has 5 heteroatoms. The maximum Gasteiger partial charge on any atom is 0.407 e. The number of carboxylic acids is 1. The van der Waals surface area contributed by atoms with Gasteiger partial charge in [0.2, 0.25) is 0 Å². The molecule has 2 fully saturated rings. The van der Waals surface area contributed by atoms with Gasteiger partial charge in [-0.15, -0.1) is 0 Å². The van der Waals surface area contributed by atoms with Crippen molar-refractivity contribution in [1.82, 2.24) is 5.32 Å². The predicted octanol–water partition coefficient (Wildman–Crippen LogP) is 4.80. The summed E-state index contributed by atoms with van der Waals surface area (Å²) >= 11 is 0. The van der Waals surface area contributed by atoms with E-state index in [9.17, 15) is 14.7 Å². The van der Waals surface area contributed by atoms with Crippen LogP contribution in [0.2, 0.25) is 0 Å². The second-order valence-electron chi connectivity index (χ2n) is 8.94. The second-order valence-corrected chi connectivity index (χ2v) is 8.94.